The lowest BCUT2D eigenvalue weighted by Crippen LogP contribution is -2.36. The number of hydrogen-bond acceptors (Lipinski definition) is 3. The van der Waals surface area contributed by atoms with Crippen molar-refractivity contribution in [3.8, 4) is 0 Å². The molecule has 1 saturated carbocycles. The average Bonchev–Trinajstić information content (AvgIpc) is 2.92. The molecular weight excluding hydrogens is 288 g/mol. The number of pyridine rings is 1. The average molecular weight is 312 g/mol. The Morgan fingerprint density at radius 3 is 2.65 bits per heavy atom. The highest BCUT2D eigenvalue weighted by Crippen LogP contribution is 2.27. The van der Waals surface area contributed by atoms with Crippen LogP contribution in [-0.4, -0.2) is 17.4 Å². The van der Waals surface area contributed by atoms with E-state index in [1.165, 1.54) is 32.1 Å². The maximum atomic E-state index is 13.0. The molecule has 2 aromatic rings. The molecule has 0 N–H and O–H groups in total. The zero-order chi connectivity index (χ0) is 16.2. The molecule has 0 aromatic carbocycles. The molecule has 0 spiro atoms. The molecule has 0 aliphatic heterocycles. The molecule has 4 heteroatoms. The SMILES string of the molecule is Cc1cc(C)c(C(=O)N(CC2CCCCC2)c2ccccn2)o1. The predicted octanol–water partition coefficient (Wildman–Crippen LogP) is 4.52. The van der Waals surface area contributed by atoms with Crippen LogP contribution in [0.2, 0.25) is 0 Å². The van der Waals surface area contributed by atoms with Crippen LogP contribution in [0.3, 0.4) is 0 Å². The van der Waals surface area contributed by atoms with Gasteiger partial charge in [-0.05, 0) is 50.8 Å². The van der Waals surface area contributed by atoms with Crippen LogP contribution in [0.4, 0.5) is 5.82 Å². The number of nitrogens with zero attached hydrogens (tertiary/aromatic N) is 2. The van der Waals surface area contributed by atoms with E-state index < -0.39 is 0 Å². The highest BCUT2D eigenvalue weighted by molar-refractivity contribution is 6.04. The summed E-state index contributed by atoms with van der Waals surface area (Å²) in [6.07, 6.45) is 7.93. The predicted molar refractivity (Wildman–Crippen MR) is 90.7 cm³/mol. The van der Waals surface area contributed by atoms with Crippen LogP contribution in [0, 0.1) is 19.8 Å². The summed E-state index contributed by atoms with van der Waals surface area (Å²) in [5, 5.41) is 0. The molecule has 2 aromatic heterocycles. The minimum absolute atomic E-state index is 0.0835. The number of carbonyl (C=O) groups excluding carboxylic acids is 1. The molecule has 0 radical (unpaired) electrons. The smallest absolute Gasteiger partial charge is 0.295 e. The van der Waals surface area contributed by atoms with Crippen molar-refractivity contribution >= 4 is 11.7 Å². The van der Waals surface area contributed by atoms with Crippen molar-refractivity contribution in [3.05, 3.63) is 47.5 Å². The van der Waals surface area contributed by atoms with Crippen LogP contribution in [0.5, 0.6) is 0 Å². The van der Waals surface area contributed by atoms with Crippen molar-refractivity contribution in [1.82, 2.24) is 4.98 Å². The summed E-state index contributed by atoms with van der Waals surface area (Å²) in [7, 11) is 0. The quantitative estimate of drug-likeness (QED) is 0.834. The fraction of sp³-hybridized carbons (Fsp3) is 0.474. The second-order valence-electron chi connectivity index (χ2n) is 6.48. The molecule has 1 aliphatic carbocycles. The van der Waals surface area contributed by atoms with Gasteiger partial charge in [-0.2, -0.15) is 0 Å². The second-order valence-corrected chi connectivity index (χ2v) is 6.48. The van der Waals surface area contributed by atoms with Crippen molar-refractivity contribution in [2.75, 3.05) is 11.4 Å². The molecule has 0 bridgehead atoms. The van der Waals surface area contributed by atoms with Crippen molar-refractivity contribution < 1.29 is 9.21 Å². The minimum atomic E-state index is -0.0835. The van der Waals surface area contributed by atoms with Gasteiger partial charge >= 0.3 is 0 Å². The number of furan rings is 1. The van der Waals surface area contributed by atoms with Crippen LogP contribution < -0.4 is 4.90 Å². The van der Waals surface area contributed by atoms with E-state index in [2.05, 4.69) is 4.98 Å². The molecule has 2 heterocycles. The lowest BCUT2D eigenvalue weighted by molar-refractivity contribution is 0.0950. The first-order valence-electron chi connectivity index (χ1n) is 8.45. The van der Waals surface area contributed by atoms with E-state index in [0.29, 0.717) is 17.5 Å². The summed E-state index contributed by atoms with van der Waals surface area (Å²) in [4.78, 5) is 19.2. The van der Waals surface area contributed by atoms with E-state index in [0.717, 1.165) is 17.9 Å². The Bertz CT molecular complexity index is 657. The highest BCUT2D eigenvalue weighted by Gasteiger charge is 2.27. The van der Waals surface area contributed by atoms with Crippen molar-refractivity contribution in [2.24, 2.45) is 5.92 Å². The lowest BCUT2D eigenvalue weighted by Gasteiger charge is -2.28. The standard InChI is InChI=1S/C19H24N2O2/c1-14-12-15(2)23-18(14)19(22)21(17-10-6-7-11-20-17)13-16-8-4-3-5-9-16/h6-7,10-12,16H,3-5,8-9,13H2,1-2H3. The van der Waals surface area contributed by atoms with Gasteiger partial charge < -0.3 is 4.42 Å². The summed E-state index contributed by atoms with van der Waals surface area (Å²) >= 11 is 0. The van der Waals surface area contributed by atoms with E-state index in [4.69, 9.17) is 4.42 Å². The Labute approximate surface area is 137 Å². The number of aromatic nitrogens is 1. The van der Waals surface area contributed by atoms with Gasteiger partial charge in [0.05, 0.1) is 0 Å². The van der Waals surface area contributed by atoms with Gasteiger partial charge in [0.2, 0.25) is 0 Å². The van der Waals surface area contributed by atoms with E-state index in [1.54, 1.807) is 11.1 Å². The molecule has 1 aliphatic rings. The number of hydrogen-bond donors (Lipinski definition) is 0. The van der Waals surface area contributed by atoms with Gasteiger partial charge in [0, 0.05) is 18.3 Å². The van der Waals surface area contributed by atoms with E-state index in [1.807, 2.05) is 38.1 Å². The van der Waals surface area contributed by atoms with Crippen molar-refractivity contribution in [2.45, 2.75) is 46.0 Å². The van der Waals surface area contributed by atoms with Crippen LogP contribution in [-0.2, 0) is 0 Å². The van der Waals surface area contributed by atoms with Gasteiger partial charge in [0.25, 0.3) is 5.91 Å². The Balaban J connectivity index is 1.88. The molecule has 1 fully saturated rings. The fourth-order valence-corrected chi connectivity index (χ4v) is 3.40. The molecule has 122 valence electrons. The summed E-state index contributed by atoms with van der Waals surface area (Å²) < 4.78 is 5.65. The molecular formula is C19H24N2O2. The Morgan fingerprint density at radius 1 is 1.26 bits per heavy atom. The first-order chi connectivity index (χ1) is 11.1. The summed E-state index contributed by atoms with van der Waals surface area (Å²) in [5.41, 5.74) is 0.886. The summed E-state index contributed by atoms with van der Waals surface area (Å²) in [6, 6.07) is 7.59. The zero-order valence-corrected chi connectivity index (χ0v) is 13.9. The van der Waals surface area contributed by atoms with Gasteiger partial charge in [0.15, 0.2) is 5.76 Å². The number of rotatable bonds is 4. The summed E-state index contributed by atoms with van der Waals surface area (Å²) in [6.45, 7) is 4.51. The fourth-order valence-electron chi connectivity index (χ4n) is 3.40. The lowest BCUT2D eigenvalue weighted by atomic mass is 9.89. The topological polar surface area (TPSA) is 46.3 Å². The highest BCUT2D eigenvalue weighted by atomic mass is 16.4. The van der Waals surface area contributed by atoms with Crippen LogP contribution in [0.25, 0.3) is 0 Å². The van der Waals surface area contributed by atoms with E-state index >= 15 is 0 Å². The molecule has 0 saturated heterocycles. The van der Waals surface area contributed by atoms with Crippen molar-refractivity contribution in [3.63, 3.8) is 0 Å². The Morgan fingerprint density at radius 2 is 2.04 bits per heavy atom. The van der Waals surface area contributed by atoms with Gasteiger partial charge in [-0.1, -0.05) is 25.3 Å². The van der Waals surface area contributed by atoms with Gasteiger partial charge in [-0.25, -0.2) is 4.98 Å². The Hall–Kier alpha value is -2.10. The third kappa shape index (κ3) is 3.63. The van der Waals surface area contributed by atoms with Crippen LogP contribution in [0.15, 0.2) is 34.9 Å². The van der Waals surface area contributed by atoms with Crippen LogP contribution >= 0.6 is 0 Å². The molecule has 0 unspecified atom stereocenters. The third-order valence-electron chi connectivity index (χ3n) is 4.57. The Kier molecular flexibility index (Phi) is 4.79. The molecule has 4 nitrogen and oxygen atoms in total. The minimum Gasteiger partial charge on any atom is -0.456 e. The third-order valence-corrected chi connectivity index (χ3v) is 4.57. The zero-order valence-electron chi connectivity index (χ0n) is 13.9. The molecule has 23 heavy (non-hydrogen) atoms. The molecule has 1 amide bonds. The number of amides is 1. The van der Waals surface area contributed by atoms with Crippen LogP contribution in [0.1, 0.15) is 54.0 Å². The number of anilines is 1. The second kappa shape index (κ2) is 6.99. The normalized spacial score (nSPS) is 15.6. The monoisotopic (exact) mass is 312 g/mol. The van der Waals surface area contributed by atoms with E-state index in [-0.39, 0.29) is 5.91 Å². The maximum absolute atomic E-state index is 13.0. The first-order valence-corrected chi connectivity index (χ1v) is 8.45. The largest absolute Gasteiger partial charge is 0.456 e. The van der Waals surface area contributed by atoms with Gasteiger partial charge in [-0.15, -0.1) is 0 Å². The molecule has 0 atom stereocenters. The maximum Gasteiger partial charge on any atom is 0.295 e. The van der Waals surface area contributed by atoms with Gasteiger partial charge in [0.1, 0.15) is 11.6 Å². The summed E-state index contributed by atoms with van der Waals surface area (Å²) in [5.74, 6) is 2.37. The number of carbonyl (C=O) groups is 1. The molecule has 3 rings (SSSR count). The van der Waals surface area contributed by atoms with Crippen molar-refractivity contribution in [1.29, 1.82) is 0 Å². The van der Waals surface area contributed by atoms with E-state index in [9.17, 15) is 4.79 Å². The number of aryl methyl sites for hydroxylation is 2. The van der Waals surface area contributed by atoms with Gasteiger partial charge in [-0.3, -0.25) is 9.69 Å². The first kappa shape index (κ1) is 15.8.